The van der Waals surface area contributed by atoms with E-state index in [1.165, 1.54) is 11.8 Å². The van der Waals surface area contributed by atoms with Crippen molar-refractivity contribution in [3.8, 4) is 0 Å². The van der Waals surface area contributed by atoms with Gasteiger partial charge in [-0.15, -0.1) is 0 Å². The number of imidazole rings is 1. The third kappa shape index (κ3) is 4.68. The Morgan fingerprint density at radius 2 is 1.89 bits per heavy atom. The predicted octanol–water partition coefficient (Wildman–Crippen LogP) is 3.78. The number of fused-ring (bicyclic) bond motifs is 1. The zero-order valence-electron chi connectivity index (χ0n) is 15.4. The molecule has 2 amide bonds. The Bertz CT molecular complexity index is 917. The number of nitrogens with zero attached hydrogens (tertiary/aromatic N) is 2. The molecular formula is C20H22N4O2S. The fraction of sp³-hybridized carbons (Fsp3) is 0.250. The molecule has 27 heavy (non-hydrogen) atoms. The number of para-hydroxylation sites is 2. The van der Waals surface area contributed by atoms with Gasteiger partial charge in [-0.25, -0.2) is 4.98 Å². The molecule has 0 atom stereocenters. The van der Waals surface area contributed by atoms with Crippen LogP contribution in [0.3, 0.4) is 0 Å². The summed E-state index contributed by atoms with van der Waals surface area (Å²) in [5.74, 6) is 0.0502. The lowest BCUT2D eigenvalue weighted by Gasteiger charge is -2.19. The van der Waals surface area contributed by atoms with E-state index in [9.17, 15) is 9.59 Å². The molecule has 1 aromatic heterocycles. The monoisotopic (exact) mass is 382 g/mol. The normalized spacial score (nSPS) is 10.7. The maximum Gasteiger partial charge on any atom is 0.253 e. The Balaban J connectivity index is 1.60. The summed E-state index contributed by atoms with van der Waals surface area (Å²) in [6, 6.07) is 14.8. The topological polar surface area (TPSA) is 78.1 Å². The van der Waals surface area contributed by atoms with E-state index in [4.69, 9.17) is 0 Å². The minimum atomic E-state index is -0.145. The quantitative estimate of drug-likeness (QED) is 0.610. The second-order valence-electron chi connectivity index (χ2n) is 5.95. The van der Waals surface area contributed by atoms with Crippen LogP contribution in [0.4, 0.5) is 5.69 Å². The molecule has 2 N–H and O–H groups in total. The molecule has 0 aliphatic rings. The maximum absolute atomic E-state index is 12.4. The Kier molecular flexibility index (Phi) is 6.13. The molecule has 0 fully saturated rings. The summed E-state index contributed by atoms with van der Waals surface area (Å²) in [6.07, 6.45) is 0. The van der Waals surface area contributed by atoms with Gasteiger partial charge in [-0.1, -0.05) is 30.0 Å². The standard InChI is InChI=1S/C20H22N4O2S/c1-3-24(4-2)19(26)14-8-7-9-15(12-14)21-18(25)13-27-20-22-16-10-5-6-11-17(16)23-20/h5-12H,3-4,13H2,1-2H3,(H,21,25)(H,22,23). The van der Waals surface area contributed by atoms with Crippen LogP contribution in [0.2, 0.25) is 0 Å². The van der Waals surface area contributed by atoms with E-state index in [2.05, 4.69) is 15.3 Å². The number of carbonyl (C=O) groups is 2. The van der Waals surface area contributed by atoms with Gasteiger partial charge < -0.3 is 15.2 Å². The molecule has 7 heteroatoms. The highest BCUT2D eigenvalue weighted by molar-refractivity contribution is 7.99. The van der Waals surface area contributed by atoms with Crippen molar-refractivity contribution >= 4 is 40.3 Å². The number of benzene rings is 2. The number of anilines is 1. The van der Waals surface area contributed by atoms with Crippen LogP contribution in [-0.4, -0.2) is 45.5 Å². The first-order valence-corrected chi connectivity index (χ1v) is 9.86. The average Bonchev–Trinajstić information content (AvgIpc) is 3.10. The average molecular weight is 382 g/mol. The van der Waals surface area contributed by atoms with Gasteiger partial charge in [0.05, 0.1) is 16.8 Å². The number of hydrogen-bond acceptors (Lipinski definition) is 4. The van der Waals surface area contributed by atoms with E-state index in [0.717, 1.165) is 11.0 Å². The molecule has 3 aromatic rings. The zero-order chi connectivity index (χ0) is 19.2. The Morgan fingerprint density at radius 1 is 1.11 bits per heavy atom. The Morgan fingerprint density at radius 3 is 2.63 bits per heavy atom. The molecule has 0 saturated heterocycles. The largest absolute Gasteiger partial charge is 0.339 e. The van der Waals surface area contributed by atoms with E-state index in [1.54, 1.807) is 29.2 Å². The van der Waals surface area contributed by atoms with Gasteiger partial charge in [0, 0.05) is 24.3 Å². The number of amides is 2. The van der Waals surface area contributed by atoms with Crippen LogP contribution in [0.15, 0.2) is 53.7 Å². The van der Waals surface area contributed by atoms with Gasteiger partial charge in [-0.3, -0.25) is 9.59 Å². The SMILES string of the molecule is CCN(CC)C(=O)c1cccc(NC(=O)CSc2nc3ccccc3[nH]2)c1. The van der Waals surface area contributed by atoms with Gasteiger partial charge >= 0.3 is 0 Å². The van der Waals surface area contributed by atoms with Crippen molar-refractivity contribution in [3.63, 3.8) is 0 Å². The molecule has 0 aliphatic heterocycles. The molecule has 0 saturated carbocycles. The molecule has 0 unspecified atom stereocenters. The summed E-state index contributed by atoms with van der Waals surface area (Å²) in [7, 11) is 0. The highest BCUT2D eigenvalue weighted by Gasteiger charge is 2.13. The van der Waals surface area contributed by atoms with Crippen LogP contribution in [0.5, 0.6) is 0 Å². The van der Waals surface area contributed by atoms with E-state index < -0.39 is 0 Å². The summed E-state index contributed by atoms with van der Waals surface area (Å²) in [4.78, 5) is 34.1. The predicted molar refractivity (Wildman–Crippen MR) is 109 cm³/mol. The van der Waals surface area contributed by atoms with Crippen molar-refractivity contribution in [1.29, 1.82) is 0 Å². The Hall–Kier alpha value is -2.80. The van der Waals surface area contributed by atoms with Gasteiger partial charge in [0.25, 0.3) is 5.91 Å². The fourth-order valence-corrected chi connectivity index (χ4v) is 3.44. The van der Waals surface area contributed by atoms with Crippen molar-refractivity contribution in [1.82, 2.24) is 14.9 Å². The number of H-pyrrole nitrogens is 1. The van der Waals surface area contributed by atoms with Crippen LogP contribution < -0.4 is 5.32 Å². The third-order valence-electron chi connectivity index (χ3n) is 4.15. The summed E-state index contributed by atoms with van der Waals surface area (Å²) < 4.78 is 0. The number of aromatic amines is 1. The van der Waals surface area contributed by atoms with Crippen LogP contribution in [0.1, 0.15) is 24.2 Å². The molecule has 0 bridgehead atoms. The Labute approximate surface area is 162 Å². The molecule has 0 aliphatic carbocycles. The second kappa shape index (κ2) is 8.73. The summed E-state index contributed by atoms with van der Waals surface area (Å²) in [5.41, 5.74) is 3.01. The lowest BCUT2D eigenvalue weighted by molar-refractivity contribution is -0.113. The third-order valence-corrected chi connectivity index (χ3v) is 5.02. The van der Waals surface area contributed by atoms with Gasteiger partial charge in [-0.2, -0.15) is 0 Å². The number of carbonyl (C=O) groups excluding carboxylic acids is 2. The van der Waals surface area contributed by atoms with Crippen molar-refractivity contribution < 1.29 is 9.59 Å². The van der Waals surface area contributed by atoms with Gasteiger partial charge in [0.2, 0.25) is 5.91 Å². The second-order valence-corrected chi connectivity index (χ2v) is 6.92. The molecule has 0 radical (unpaired) electrons. The van der Waals surface area contributed by atoms with Gasteiger partial charge in [0.1, 0.15) is 0 Å². The highest BCUT2D eigenvalue weighted by atomic mass is 32.2. The number of aromatic nitrogens is 2. The number of nitrogens with one attached hydrogen (secondary N) is 2. The number of thioether (sulfide) groups is 1. The smallest absolute Gasteiger partial charge is 0.253 e. The molecule has 6 nitrogen and oxygen atoms in total. The lowest BCUT2D eigenvalue weighted by atomic mass is 10.1. The van der Waals surface area contributed by atoms with E-state index in [1.807, 2.05) is 38.1 Å². The van der Waals surface area contributed by atoms with Crippen LogP contribution in [0.25, 0.3) is 11.0 Å². The summed E-state index contributed by atoms with van der Waals surface area (Å²) in [6.45, 7) is 5.20. The van der Waals surface area contributed by atoms with Gasteiger partial charge in [0.15, 0.2) is 5.16 Å². The van der Waals surface area contributed by atoms with E-state index in [0.29, 0.717) is 29.5 Å². The minimum absolute atomic E-state index is 0.0345. The highest BCUT2D eigenvalue weighted by Crippen LogP contribution is 2.20. The van der Waals surface area contributed by atoms with Crippen molar-refractivity contribution in [2.24, 2.45) is 0 Å². The first-order chi connectivity index (χ1) is 13.1. The fourth-order valence-electron chi connectivity index (χ4n) is 2.75. The van der Waals surface area contributed by atoms with Crippen molar-refractivity contribution in [2.75, 3.05) is 24.2 Å². The lowest BCUT2D eigenvalue weighted by Crippen LogP contribution is -2.30. The molecule has 2 aromatic carbocycles. The van der Waals surface area contributed by atoms with Crippen LogP contribution >= 0.6 is 11.8 Å². The molecule has 140 valence electrons. The molecular weight excluding hydrogens is 360 g/mol. The number of hydrogen-bond donors (Lipinski definition) is 2. The van der Waals surface area contributed by atoms with Gasteiger partial charge in [-0.05, 0) is 44.2 Å². The first kappa shape index (κ1) is 19.0. The first-order valence-electron chi connectivity index (χ1n) is 8.87. The zero-order valence-corrected chi connectivity index (χ0v) is 16.2. The molecule has 1 heterocycles. The molecule has 3 rings (SSSR count). The summed E-state index contributed by atoms with van der Waals surface area (Å²) >= 11 is 1.34. The number of rotatable bonds is 7. The van der Waals surface area contributed by atoms with Crippen LogP contribution in [-0.2, 0) is 4.79 Å². The van der Waals surface area contributed by atoms with Crippen LogP contribution in [0, 0.1) is 0 Å². The molecule has 0 spiro atoms. The summed E-state index contributed by atoms with van der Waals surface area (Å²) in [5, 5.41) is 3.55. The van der Waals surface area contributed by atoms with E-state index >= 15 is 0 Å². The van der Waals surface area contributed by atoms with Crippen molar-refractivity contribution in [2.45, 2.75) is 19.0 Å². The van der Waals surface area contributed by atoms with E-state index in [-0.39, 0.29) is 17.6 Å². The minimum Gasteiger partial charge on any atom is -0.339 e. The van der Waals surface area contributed by atoms with Crippen molar-refractivity contribution in [3.05, 3.63) is 54.1 Å². The maximum atomic E-state index is 12.4.